The Morgan fingerprint density at radius 3 is 2.59 bits per heavy atom. The van der Waals surface area contributed by atoms with E-state index in [9.17, 15) is 14.4 Å². The molecule has 8 nitrogen and oxygen atoms in total. The number of rotatable bonds is 5. The Labute approximate surface area is 189 Å². The summed E-state index contributed by atoms with van der Waals surface area (Å²) in [6.07, 6.45) is 1.47. The van der Waals surface area contributed by atoms with Crippen molar-refractivity contribution >= 4 is 46.1 Å². The number of benzene rings is 1. The molecule has 0 aliphatic rings. The van der Waals surface area contributed by atoms with Crippen LogP contribution < -0.4 is 25.0 Å². The van der Waals surface area contributed by atoms with Gasteiger partial charge in [-0.05, 0) is 25.1 Å². The summed E-state index contributed by atoms with van der Waals surface area (Å²) in [6, 6.07) is 8.79. The highest BCUT2D eigenvalue weighted by molar-refractivity contribution is 7.07. The number of aromatic nitrogens is 1. The van der Waals surface area contributed by atoms with E-state index in [1.165, 1.54) is 10.8 Å². The van der Waals surface area contributed by atoms with Crippen LogP contribution in [0.25, 0.3) is 11.5 Å². The zero-order valence-corrected chi connectivity index (χ0v) is 19.3. The highest BCUT2D eigenvalue weighted by Gasteiger charge is 2.25. The molecule has 0 saturated carbocycles. The van der Waals surface area contributed by atoms with Gasteiger partial charge in [-0.25, -0.2) is 4.79 Å². The number of carboxylic acids is 1. The number of carbonyl (C=O) groups excluding carboxylic acids is 1. The third kappa shape index (κ3) is 5.65. The topological polar surface area (TPSA) is 115 Å². The summed E-state index contributed by atoms with van der Waals surface area (Å²) in [7, 11) is 1.71. The van der Waals surface area contributed by atoms with Crippen molar-refractivity contribution in [3.63, 3.8) is 0 Å². The Morgan fingerprint density at radius 1 is 1.34 bits per heavy atom. The number of nitriles is 1. The molecule has 2 N–H and O–H groups in total. The number of hydrogen-bond donors (Lipinski definition) is 2. The first-order valence-corrected chi connectivity index (χ1v) is 10.5. The van der Waals surface area contributed by atoms with E-state index in [1.54, 1.807) is 37.1 Å². The van der Waals surface area contributed by atoms with E-state index < -0.39 is 17.0 Å². The molecular formula is C23H24N4O4S. The first kappa shape index (κ1) is 24.4. The van der Waals surface area contributed by atoms with Crippen molar-refractivity contribution in [3.8, 4) is 6.07 Å². The smallest absolute Gasteiger partial charge is 0.354 e. The van der Waals surface area contributed by atoms with E-state index in [1.807, 2.05) is 32.9 Å². The molecule has 32 heavy (non-hydrogen) atoms. The third-order valence-corrected chi connectivity index (χ3v) is 5.39. The van der Waals surface area contributed by atoms with Crippen LogP contribution in [0.1, 0.15) is 27.7 Å². The standard InChI is InChI=1S/C23H24N4O4S/c1-6-27-19(12-15(14-24)21(29)30)32-18(20(27)28)10-11-25-16-8-7-9-17(13-16)26(5)22(31)23(2,3)4/h7-9,11,13,25H,6H2,1-5H3,(H,29,30). The molecule has 0 aliphatic carbocycles. The van der Waals surface area contributed by atoms with Crippen molar-refractivity contribution in [2.45, 2.75) is 34.2 Å². The number of nitrogens with one attached hydrogen (secondary N) is 1. The van der Waals surface area contributed by atoms with Gasteiger partial charge in [0.2, 0.25) is 5.91 Å². The molecule has 0 aliphatic heterocycles. The van der Waals surface area contributed by atoms with Gasteiger partial charge in [0.25, 0.3) is 5.56 Å². The average molecular weight is 453 g/mol. The predicted octanol–water partition coefficient (Wildman–Crippen LogP) is 1.86. The molecule has 0 spiro atoms. The highest BCUT2D eigenvalue weighted by atomic mass is 32.1. The van der Waals surface area contributed by atoms with Crippen LogP contribution in [0.5, 0.6) is 0 Å². The Kier molecular flexibility index (Phi) is 7.63. The summed E-state index contributed by atoms with van der Waals surface area (Å²) < 4.78 is 1.80. The number of carbonyl (C=O) groups is 2. The van der Waals surface area contributed by atoms with Gasteiger partial charge in [0, 0.05) is 36.6 Å². The van der Waals surface area contributed by atoms with Gasteiger partial charge in [-0.2, -0.15) is 5.26 Å². The predicted molar refractivity (Wildman–Crippen MR) is 125 cm³/mol. The lowest BCUT2D eigenvalue weighted by Crippen LogP contribution is -2.36. The van der Waals surface area contributed by atoms with E-state index in [0.717, 1.165) is 11.3 Å². The van der Waals surface area contributed by atoms with Crippen molar-refractivity contribution < 1.29 is 14.7 Å². The summed E-state index contributed by atoms with van der Waals surface area (Å²) in [4.78, 5) is 37.7. The monoisotopic (exact) mass is 452 g/mol. The fraction of sp³-hybridized carbons (Fsp3) is 0.304. The van der Waals surface area contributed by atoms with Crippen molar-refractivity contribution in [3.05, 3.63) is 55.6 Å². The number of hydrogen-bond acceptors (Lipinski definition) is 6. The van der Waals surface area contributed by atoms with E-state index in [2.05, 4.69) is 16.8 Å². The lowest BCUT2D eigenvalue weighted by atomic mass is 9.94. The van der Waals surface area contributed by atoms with E-state index >= 15 is 0 Å². The zero-order chi connectivity index (χ0) is 24.1. The number of amides is 1. The van der Waals surface area contributed by atoms with Gasteiger partial charge >= 0.3 is 5.97 Å². The van der Waals surface area contributed by atoms with Crippen molar-refractivity contribution in [2.75, 3.05) is 17.3 Å². The van der Waals surface area contributed by atoms with E-state index in [-0.39, 0.29) is 20.7 Å². The number of nitrogens with zero attached hydrogens (tertiary/aromatic N) is 3. The minimum Gasteiger partial charge on any atom is -0.477 e. The molecule has 0 atom stereocenters. The lowest BCUT2D eigenvalue weighted by Gasteiger charge is -2.26. The Morgan fingerprint density at radius 2 is 2.03 bits per heavy atom. The summed E-state index contributed by atoms with van der Waals surface area (Å²) in [5.74, 6) is -1.43. The van der Waals surface area contributed by atoms with Crippen molar-refractivity contribution in [2.24, 2.45) is 5.41 Å². The Bertz CT molecular complexity index is 1340. The number of anilines is 2. The second-order valence-corrected chi connectivity index (χ2v) is 8.80. The van der Waals surface area contributed by atoms with Crippen LogP contribution in [0.15, 0.2) is 40.8 Å². The minimum absolute atomic E-state index is 0.0228. The molecular weight excluding hydrogens is 428 g/mol. The summed E-state index contributed by atoms with van der Waals surface area (Å²) in [6.45, 7) is 7.59. The molecule has 0 saturated heterocycles. The number of thiazole rings is 1. The second kappa shape index (κ2) is 9.99. The van der Waals surface area contributed by atoms with Crippen LogP contribution in [-0.4, -0.2) is 28.6 Å². The third-order valence-electron chi connectivity index (χ3n) is 4.38. The van der Waals surface area contributed by atoms with Crippen LogP contribution in [0.4, 0.5) is 11.4 Å². The SMILES string of the molecule is CCn1c(=C=C(C#N)C(=O)O)sc(=C=CNc2cccc(N(C)C(=O)C(C)(C)C)c2)c1=O. The zero-order valence-electron chi connectivity index (χ0n) is 18.5. The van der Waals surface area contributed by atoms with Gasteiger partial charge in [-0.1, -0.05) is 49.6 Å². The molecule has 166 valence electrons. The van der Waals surface area contributed by atoms with Crippen LogP contribution in [0, 0.1) is 16.7 Å². The van der Waals surface area contributed by atoms with E-state index in [4.69, 9.17) is 10.4 Å². The van der Waals surface area contributed by atoms with Gasteiger partial charge in [-0.3, -0.25) is 14.2 Å². The molecule has 0 unspecified atom stereocenters. The maximum absolute atomic E-state index is 12.6. The molecule has 0 bridgehead atoms. The summed E-state index contributed by atoms with van der Waals surface area (Å²) in [5.41, 5.74) is 5.31. The van der Waals surface area contributed by atoms with Crippen LogP contribution >= 0.6 is 11.3 Å². The maximum atomic E-state index is 12.6. The second-order valence-electron chi connectivity index (χ2n) is 7.80. The number of aliphatic carboxylic acids is 1. The molecule has 9 heteroatoms. The fourth-order valence-corrected chi connectivity index (χ4v) is 3.71. The molecule has 0 radical (unpaired) electrons. The first-order chi connectivity index (χ1) is 15.0. The fourth-order valence-electron chi connectivity index (χ4n) is 2.73. The highest BCUT2D eigenvalue weighted by Crippen LogP contribution is 2.24. The molecule has 2 rings (SSSR count). The van der Waals surface area contributed by atoms with Gasteiger partial charge in [0.1, 0.15) is 15.3 Å². The molecule has 1 heterocycles. The summed E-state index contributed by atoms with van der Waals surface area (Å²) >= 11 is 0.990. The van der Waals surface area contributed by atoms with Crippen LogP contribution in [0.2, 0.25) is 0 Å². The number of carboxylic acid groups (broad SMARTS) is 1. The minimum atomic E-state index is -1.41. The van der Waals surface area contributed by atoms with Crippen LogP contribution in [-0.2, 0) is 16.1 Å². The molecule has 1 aromatic carbocycles. The lowest BCUT2D eigenvalue weighted by molar-refractivity contribution is -0.132. The maximum Gasteiger partial charge on any atom is 0.354 e. The van der Waals surface area contributed by atoms with Crippen molar-refractivity contribution in [1.29, 1.82) is 5.26 Å². The van der Waals surface area contributed by atoms with Gasteiger partial charge < -0.3 is 15.3 Å². The molecule has 1 amide bonds. The Hall–Kier alpha value is -3.82. The van der Waals surface area contributed by atoms with Gasteiger partial charge in [0.15, 0.2) is 5.57 Å². The largest absolute Gasteiger partial charge is 0.477 e. The molecule has 1 aromatic heterocycles. The Balaban J connectivity index is 2.46. The van der Waals surface area contributed by atoms with Gasteiger partial charge in [0.05, 0.1) is 0 Å². The van der Waals surface area contributed by atoms with Crippen LogP contribution in [0.3, 0.4) is 0 Å². The van der Waals surface area contributed by atoms with Crippen molar-refractivity contribution in [1.82, 2.24) is 4.57 Å². The summed E-state index contributed by atoms with van der Waals surface area (Å²) in [5, 5.41) is 21.0. The molecule has 0 fully saturated rings. The first-order valence-electron chi connectivity index (χ1n) is 9.73. The quantitative estimate of drug-likeness (QED) is 0.529. The normalized spacial score (nSPS) is 10.4. The van der Waals surface area contributed by atoms with E-state index in [0.29, 0.717) is 17.9 Å². The van der Waals surface area contributed by atoms with Gasteiger partial charge in [-0.15, -0.1) is 0 Å². The molecule has 2 aromatic rings. The average Bonchev–Trinajstić information content (AvgIpc) is 3.04.